The zero-order chi connectivity index (χ0) is 20.1. The fraction of sp³-hybridized carbons (Fsp3) is 0.364. The molecule has 1 aliphatic heterocycles. The largest absolute Gasteiger partial charge is 0.497 e. The molecule has 28 heavy (non-hydrogen) atoms. The van der Waals surface area contributed by atoms with Gasteiger partial charge in [0.05, 0.1) is 13.0 Å². The van der Waals surface area contributed by atoms with Crippen molar-refractivity contribution in [3.8, 4) is 5.75 Å². The molecule has 0 saturated carbocycles. The van der Waals surface area contributed by atoms with Crippen LogP contribution in [0.3, 0.4) is 0 Å². The van der Waals surface area contributed by atoms with E-state index in [1.807, 2.05) is 67.5 Å². The third-order valence-electron chi connectivity index (χ3n) is 5.02. The lowest BCUT2D eigenvalue weighted by Crippen LogP contribution is -2.34. The number of rotatable bonds is 7. The second-order valence-electron chi connectivity index (χ2n) is 7.21. The Kier molecular flexibility index (Phi) is 6.19. The molecular formula is C22H27N3O3. The first kappa shape index (κ1) is 19.7. The van der Waals surface area contributed by atoms with Gasteiger partial charge in [0.1, 0.15) is 5.75 Å². The van der Waals surface area contributed by atoms with Crippen LogP contribution in [-0.4, -0.2) is 46.1 Å². The van der Waals surface area contributed by atoms with E-state index in [2.05, 4.69) is 5.32 Å². The van der Waals surface area contributed by atoms with Crippen molar-refractivity contribution in [1.29, 1.82) is 0 Å². The molecule has 2 amide bonds. The van der Waals surface area contributed by atoms with Crippen LogP contribution in [0.15, 0.2) is 48.5 Å². The summed E-state index contributed by atoms with van der Waals surface area (Å²) in [5.74, 6) is 0.418. The van der Waals surface area contributed by atoms with E-state index >= 15 is 0 Å². The van der Waals surface area contributed by atoms with E-state index in [-0.39, 0.29) is 24.2 Å². The molecule has 0 spiro atoms. The summed E-state index contributed by atoms with van der Waals surface area (Å²) >= 11 is 0. The van der Waals surface area contributed by atoms with E-state index in [1.54, 1.807) is 12.0 Å². The van der Waals surface area contributed by atoms with E-state index in [0.717, 1.165) is 29.1 Å². The van der Waals surface area contributed by atoms with Crippen LogP contribution in [-0.2, 0) is 16.0 Å². The molecule has 1 aliphatic rings. The van der Waals surface area contributed by atoms with Crippen molar-refractivity contribution in [1.82, 2.24) is 5.32 Å². The number of carbonyl (C=O) groups excluding carboxylic acids is 2. The molecule has 1 fully saturated rings. The summed E-state index contributed by atoms with van der Waals surface area (Å²) in [5, 5.41) is 2.96. The first-order chi connectivity index (χ1) is 13.5. The highest BCUT2D eigenvalue weighted by Crippen LogP contribution is 2.27. The summed E-state index contributed by atoms with van der Waals surface area (Å²) in [4.78, 5) is 28.6. The second-order valence-corrected chi connectivity index (χ2v) is 7.21. The highest BCUT2D eigenvalue weighted by molar-refractivity contribution is 6.00. The van der Waals surface area contributed by atoms with E-state index in [1.165, 1.54) is 0 Å². The van der Waals surface area contributed by atoms with Gasteiger partial charge in [-0.3, -0.25) is 9.59 Å². The molecule has 148 valence electrons. The molecule has 1 saturated heterocycles. The van der Waals surface area contributed by atoms with Gasteiger partial charge in [0.25, 0.3) is 0 Å². The molecule has 1 N–H and O–H groups in total. The summed E-state index contributed by atoms with van der Waals surface area (Å²) in [7, 11) is 5.58. The van der Waals surface area contributed by atoms with Gasteiger partial charge in [-0.25, -0.2) is 0 Å². The van der Waals surface area contributed by atoms with Gasteiger partial charge in [0, 0.05) is 45.0 Å². The number of nitrogens with one attached hydrogen (secondary N) is 1. The molecule has 1 atom stereocenters. The van der Waals surface area contributed by atoms with Gasteiger partial charge in [-0.15, -0.1) is 0 Å². The molecule has 0 bridgehead atoms. The van der Waals surface area contributed by atoms with E-state index in [0.29, 0.717) is 13.1 Å². The molecule has 2 aromatic rings. The number of hydrogen-bond acceptors (Lipinski definition) is 4. The lowest BCUT2D eigenvalue weighted by Gasteiger charge is -2.19. The first-order valence-corrected chi connectivity index (χ1v) is 9.46. The van der Waals surface area contributed by atoms with Gasteiger partial charge in [-0.05, 0) is 48.4 Å². The van der Waals surface area contributed by atoms with Crippen LogP contribution in [0.25, 0.3) is 0 Å². The Bertz CT molecular complexity index is 833. The Balaban J connectivity index is 1.53. The summed E-state index contributed by atoms with van der Waals surface area (Å²) in [6.45, 7) is 0.958. The van der Waals surface area contributed by atoms with Gasteiger partial charge in [0.15, 0.2) is 0 Å². The van der Waals surface area contributed by atoms with E-state index < -0.39 is 0 Å². The van der Waals surface area contributed by atoms with Crippen molar-refractivity contribution >= 4 is 23.2 Å². The molecule has 3 rings (SSSR count). The number of amides is 2. The SMILES string of the molecule is COc1cccc(CCNC(=O)C2CC(=O)N(c3ccc(N(C)C)cc3)C2)c1. The van der Waals surface area contributed by atoms with Crippen molar-refractivity contribution in [2.75, 3.05) is 44.1 Å². The van der Waals surface area contributed by atoms with Crippen LogP contribution >= 0.6 is 0 Å². The molecule has 1 unspecified atom stereocenters. The fourth-order valence-corrected chi connectivity index (χ4v) is 3.37. The predicted molar refractivity (Wildman–Crippen MR) is 111 cm³/mol. The Morgan fingerprint density at radius 3 is 2.64 bits per heavy atom. The van der Waals surface area contributed by atoms with Gasteiger partial charge < -0.3 is 19.9 Å². The van der Waals surface area contributed by atoms with E-state index in [4.69, 9.17) is 4.74 Å². The third-order valence-corrected chi connectivity index (χ3v) is 5.02. The zero-order valence-electron chi connectivity index (χ0n) is 16.6. The van der Waals surface area contributed by atoms with Crippen molar-refractivity contribution in [2.24, 2.45) is 5.92 Å². The third kappa shape index (κ3) is 4.63. The topological polar surface area (TPSA) is 61.9 Å². The van der Waals surface area contributed by atoms with Crippen molar-refractivity contribution in [3.63, 3.8) is 0 Å². The molecule has 6 nitrogen and oxygen atoms in total. The monoisotopic (exact) mass is 381 g/mol. The zero-order valence-corrected chi connectivity index (χ0v) is 16.6. The van der Waals surface area contributed by atoms with Crippen molar-refractivity contribution in [3.05, 3.63) is 54.1 Å². The van der Waals surface area contributed by atoms with Crippen LogP contribution in [0.2, 0.25) is 0 Å². The minimum absolute atomic E-state index is 0.00875. The quantitative estimate of drug-likeness (QED) is 0.800. The van der Waals surface area contributed by atoms with E-state index in [9.17, 15) is 9.59 Å². The summed E-state index contributed by atoms with van der Waals surface area (Å²) in [6.07, 6.45) is 0.972. The average molecular weight is 381 g/mol. The summed E-state index contributed by atoms with van der Waals surface area (Å²) in [5.41, 5.74) is 3.01. The maximum absolute atomic E-state index is 12.5. The Morgan fingerprint density at radius 2 is 1.96 bits per heavy atom. The van der Waals surface area contributed by atoms with Crippen LogP contribution < -0.4 is 19.9 Å². The average Bonchev–Trinajstić information content (AvgIpc) is 3.10. The number of nitrogens with zero attached hydrogens (tertiary/aromatic N) is 2. The standard InChI is InChI=1S/C22H27N3O3/c1-24(2)18-7-9-19(10-8-18)25-15-17(14-21(25)26)22(27)23-12-11-16-5-4-6-20(13-16)28-3/h4-10,13,17H,11-12,14-15H2,1-3H3,(H,23,27). The molecule has 2 aromatic carbocycles. The van der Waals surface area contributed by atoms with Gasteiger partial charge in [0.2, 0.25) is 11.8 Å². The Hall–Kier alpha value is -3.02. The molecule has 0 aliphatic carbocycles. The number of carbonyl (C=O) groups is 2. The smallest absolute Gasteiger partial charge is 0.227 e. The molecule has 0 aromatic heterocycles. The number of anilines is 2. The summed E-state index contributed by atoms with van der Waals surface area (Å²) in [6, 6.07) is 15.6. The molecule has 0 radical (unpaired) electrons. The number of hydrogen-bond donors (Lipinski definition) is 1. The van der Waals surface area contributed by atoms with Crippen LogP contribution in [0, 0.1) is 5.92 Å². The van der Waals surface area contributed by atoms with Gasteiger partial charge in [-0.2, -0.15) is 0 Å². The lowest BCUT2D eigenvalue weighted by atomic mass is 10.1. The van der Waals surface area contributed by atoms with Crippen LogP contribution in [0.4, 0.5) is 11.4 Å². The minimum Gasteiger partial charge on any atom is -0.497 e. The summed E-state index contributed by atoms with van der Waals surface area (Å²) < 4.78 is 5.22. The lowest BCUT2D eigenvalue weighted by molar-refractivity contribution is -0.126. The van der Waals surface area contributed by atoms with Crippen molar-refractivity contribution in [2.45, 2.75) is 12.8 Å². The number of ether oxygens (including phenoxy) is 1. The first-order valence-electron chi connectivity index (χ1n) is 9.46. The molecule has 1 heterocycles. The maximum atomic E-state index is 12.5. The van der Waals surface area contributed by atoms with Crippen LogP contribution in [0.5, 0.6) is 5.75 Å². The van der Waals surface area contributed by atoms with Crippen LogP contribution in [0.1, 0.15) is 12.0 Å². The normalized spacial score (nSPS) is 16.2. The minimum atomic E-state index is -0.314. The Labute approximate surface area is 166 Å². The fourth-order valence-electron chi connectivity index (χ4n) is 3.37. The van der Waals surface area contributed by atoms with Gasteiger partial charge >= 0.3 is 0 Å². The number of benzene rings is 2. The number of methoxy groups -OCH3 is 1. The molecular weight excluding hydrogens is 354 g/mol. The Morgan fingerprint density at radius 1 is 1.21 bits per heavy atom. The maximum Gasteiger partial charge on any atom is 0.227 e. The highest BCUT2D eigenvalue weighted by Gasteiger charge is 2.34. The second kappa shape index (κ2) is 8.78. The van der Waals surface area contributed by atoms with Crippen molar-refractivity contribution < 1.29 is 14.3 Å². The highest BCUT2D eigenvalue weighted by atomic mass is 16.5. The van der Waals surface area contributed by atoms with Gasteiger partial charge in [-0.1, -0.05) is 12.1 Å². The molecule has 6 heteroatoms. The predicted octanol–water partition coefficient (Wildman–Crippen LogP) is 2.47.